The van der Waals surface area contributed by atoms with Gasteiger partial charge in [-0.05, 0) is 42.3 Å². The average Bonchev–Trinajstić information content (AvgIpc) is 3.29. The topological polar surface area (TPSA) is 73.9 Å². The van der Waals surface area contributed by atoms with E-state index < -0.39 is 0 Å². The standard InChI is InChI=1S/C31H34N4O3/c1-2-8-28(36)35(18-17-34-19-21-38-22-20-34)25-15-13-24(14-16-25)32-30(23-9-4-3-5-10-23)29-26-11-6-7-12-27(26)33-31(29)37/h3-7,9-16,32H,2,8,17-22H2,1H3,(H,33,37). The van der Waals surface area contributed by atoms with E-state index in [9.17, 15) is 9.59 Å². The van der Waals surface area contributed by atoms with Crippen molar-refractivity contribution in [2.75, 3.05) is 54.9 Å². The van der Waals surface area contributed by atoms with E-state index >= 15 is 0 Å². The van der Waals surface area contributed by atoms with E-state index in [2.05, 4.69) is 15.5 Å². The number of nitrogens with one attached hydrogen (secondary N) is 2. The molecule has 0 radical (unpaired) electrons. The van der Waals surface area contributed by atoms with Gasteiger partial charge in [-0.2, -0.15) is 0 Å². The number of carbonyl (C=O) groups is 2. The molecule has 7 heteroatoms. The number of fused-ring (bicyclic) bond motifs is 1. The van der Waals surface area contributed by atoms with Crippen LogP contribution < -0.4 is 15.5 Å². The van der Waals surface area contributed by atoms with Crippen LogP contribution in [0.5, 0.6) is 0 Å². The minimum atomic E-state index is -0.131. The molecular weight excluding hydrogens is 476 g/mol. The maximum atomic E-state index is 13.1. The molecule has 2 N–H and O–H groups in total. The zero-order valence-electron chi connectivity index (χ0n) is 21.8. The van der Waals surface area contributed by atoms with Gasteiger partial charge in [0, 0.05) is 55.2 Å². The first kappa shape index (κ1) is 25.7. The summed E-state index contributed by atoms with van der Waals surface area (Å²) in [5, 5.41) is 6.49. The molecule has 3 aromatic rings. The quantitative estimate of drug-likeness (QED) is 0.393. The maximum Gasteiger partial charge on any atom is 0.258 e. The van der Waals surface area contributed by atoms with Crippen molar-refractivity contribution in [1.82, 2.24) is 4.90 Å². The van der Waals surface area contributed by atoms with E-state index in [1.807, 2.05) is 90.7 Å². The van der Waals surface area contributed by atoms with Crippen LogP contribution in [0.15, 0.2) is 78.9 Å². The number of hydrogen-bond donors (Lipinski definition) is 2. The fourth-order valence-corrected chi connectivity index (χ4v) is 4.93. The zero-order valence-corrected chi connectivity index (χ0v) is 21.8. The molecule has 0 aliphatic carbocycles. The van der Waals surface area contributed by atoms with Crippen LogP contribution in [0.3, 0.4) is 0 Å². The summed E-state index contributed by atoms with van der Waals surface area (Å²) in [6.07, 6.45) is 1.33. The van der Waals surface area contributed by atoms with E-state index in [0.29, 0.717) is 18.5 Å². The second-order valence-corrected chi connectivity index (χ2v) is 9.54. The SMILES string of the molecule is CCCC(=O)N(CCN1CCOCC1)c1ccc(NC(=C2C(=O)Nc3ccccc32)c2ccccc2)cc1. The van der Waals surface area contributed by atoms with Gasteiger partial charge in [-0.15, -0.1) is 0 Å². The molecule has 0 atom stereocenters. The molecule has 1 fully saturated rings. The van der Waals surface area contributed by atoms with Gasteiger partial charge in [0.05, 0.1) is 24.5 Å². The Labute approximate surface area is 224 Å². The summed E-state index contributed by atoms with van der Waals surface area (Å²) in [4.78, 5) is 30.3. The molecule has 0 spiro atoms. The Hall–Kier alpha value is -3.94. The lowest BCUT2D eigenvalue weighted by atomic mass is 10.00. The van der Waals surface area contributed by atoms with Crippen LogP contribution in [0.25, 0.3) is 11.3 Å². The predicted molar refractivity (Wildman–Crippen MR) is 153 cm³/mol. The van der Waals surface area contributed by atoms with Gasteiger partial charge in [0.2, 0.25) is 5.91 Å². The van der Waals surface area contributed by atoms with Crippen LogP contribution in [0, 0.1) is 0 Å². The third-order valence-electron chi connectivity index (χ3n) is 6.94. The molecule has 2 aliphatic rings. The van der Waals surface area contributed by atoms with Gasteiger partial charge in [-0.3, -0.25) is 14.5 Å². The normalized spacial score (nSPS) is 16.5. The minimum Gasteiger partial charge on any atom is -0.379 e. The third kappa shape index (κ3) is 5.79. The zero-order chi connectivity index (χ0) is 26.3. The van der Waals surface area contributed by atoms with E-state index in [-0.39, 0.29) is 11.8 Å². The first-order valence-corrected chi connectivity index (χ1v) is 13.3. The first-order chi connectivity index (χ1) is 18.6. The van der Waals surface area contributed by atoms with Crippen molar-refractivity contribution in [3.8, 4) is 0 Å². The molecule has 196 valence electrons. The van der Waals surface area contributed by atoms with Gasteiger partial charge in [0.1, 0.15) is 0 Å². The molecule has 0 saturated carbocycles. The molecule has 0 aromatic heterocycles. The molecule has 2 aliphatic heterocycles. The number of anilines is 3. The van der Waals surface area contributed by atoms with Crippen LogP contribution in [0.4, 0.5) is 17.1 Å². The monoisotopic (exact) mass is 510 g/mol. The lowest BCUT2D eigenvalue weighted by Crippen LogP contribution is -2.43. The number of nitrogens with zero attached hydrogens (tertiary/aromatic N) is 2. The largest absolute Gasteiger partial charge is 0.379 e. The first-order valence-electron chi connectivity index (χ1n) is 13.3. The fourth-order valence-electron chi connectivity index (χ4n) is 4.93. The summed E-state index contributed by atoms with van der Waals surface area (Å²) >= 11 is 0. The Morgan fingerprint density at radius 1 is 0.974 bits per heavy atom. The smallest absolute Gasteiger partial charge is 0.258 e. The molecular formula is C31H34N4O3. The highest BCUT2D eigenvalue weighted by Gasteiger charge is 2.28. The van der Waals surface area contributed by atoms with Crippen molar-refractivity contribution in [1.29, 1.82) is 0 Å². The summed E-state index contributed by atoms with van der Waals surface area (Å²) in [6, 6.07) is 25.5. The van der Waals surface area contributed by atoms with E-state index in [0.717, 1.165) is 73.2 Å². The van der Waals surface area contributed by atoms with Gasteiger partial charge in [-0.25, -0.2) is 0 Å². The van der Waals surface area contributed by atoms with Gasteiger partial charge >= 0.3 is 0 Å². The van der Waals surface area contributed by atoms with Gasteiger partial charge in [0.25, 0.3) is 5.91 Å². The fraction of sp³-hybridized carbons (Fsp3) is 0.290. The molecule has 2 heterocycles. The molecule has 0 bridgehead atoms. The van der Waals surface area contributed by atoms with Gasteiger partial charge < -0.3 is 20.3 Å². The van der Waals surface area contributed by atoms with Crippen molar-refractivity contribution in [2.24, 2.45) is 0 Å². The van der Waals surface area contributed by atoms with Crippen LogP contribution in [-0.2, 0) is 14.3 Å². The second kappa shape index (κ2) is 12.1. The van der Waals surface area contributed by atoms with E-state index in [1.165, 1.54) is 0 Å². The summed E-state index contributed by atoms with van der Waals surface area (Å²) in [7, 11) is 0. The van der Waals surface area contributed by atoms with Crippen LogP contribution in [-0.4, -0.2) is 56.1 Å². The molecule has 3 aromatic carbocycles. The van der Waals surface area contributed by atoms with E-state index in [1.54, 1.807) is 0 Å². The number of morpholine rings is 1. The highest BCUT2D eigenvalue weighted by atomic mass is 16.5. The number of ether oxygens (including phenoxy) is 1. The molecule has 7 nitrogen and oxygen atoms in total. The Bertz CT molecular complexity index is 1300. The summed E-state index contributed by atoms with van der Waals surface area (Å²) in [5.74, 6) is 0.00131. The third-order valence-corrected chi connectivity index (χ3v) is 6.94. The van der Waals surface area contributed by atoms with Gasteiger partial charge in [0.15, 0.2) is 0 Å². The number of hydrogen-bond acceptors (Lipinski definition) is 5. The molecule has 5 rings (SSSR count). The number of rotatable bonds is 9. The Balaban J connectivity index is 1.41. The average molecular weight is 511 g/mol. The highest BCUT2D eigenvalue weighted by Crippen LogP contribution is 2.37. The summed E-state index contributed by atoms with van der Waals surface area (Å²) < 4.78 is 5.46. The van der Waals surface area contributed by atoms with Crippen molar-refractivity contribution in [3.05, 3.63) is 90.0 Å². The second-order valence-electron chi connectivity index (χ2n) is 9.54. The van der Waals surface area contributed by atoms with Crippen LogP contribution >= 0.6 is 0 Å². The minimum absolute atomic E-state index is 0.131. The number of amides is 2. The Kier molecular flexibility index (Phi) is 8.16. The highest BCUT2D eigenvalue weighted by molar-refractivity contribution is 6.37. The maximum absolute atomic E-state index is 13.1. The van der Waals surface area contributed by atoms with E-state index in [4.69, 9.17) is 4.74 Å². The van der Waals surface area contributed by atoms with Gasteiger partial charge in [-0.1, -0.05) is 55.5 Å². The molecule has 2 amide bonds. The predicted octanol–water partition coefficient (Wildman–Crippen LogP) is 5.08. The van der Waals surface area contributed by atoms with Crippen LogP contribution in [0.1, 0.15) is 30.9 Å². The van der Waals surface area contributed by atoms with Crippen LogP contribution in [0.2, 0.25) is 0 Å². The Morgan fingerprint density at radius 2 is 1.68 bits per heavy atom. The number of para-hydroxylation sites is 1. The number of benzene rings is 3. The summed E-state index contributed by atoms with van der Waals surface area (Å²) in [5.41, 5.74) is 5.67. The molecule has 38 heavy (non-hydrogen) atoms. The van der Waals surface area contributed by atoms with Crippen molar-refractivity contribution < 1.29 is 14.3 Å². The summed E-state index contributed by atoms with van der Waals surface area (Å²) in [6.45, 7) is 6.76. The van der Waals surface area contributed by atoms with Crippen molar-refractivity contribution in [2.45, 2.75) is 19.8 Å². The Morgan fingerprint density at radius 3 is 2.42 bits per heavy atom. The lowest BCUT2D eigenvalue weighted by Gasteiger charge is -2.30. The molecule has 0 unspecified atom stereocenters. The lowest BCUT2D eigenvalue weighted by molar-refractivity contribution is -0.118. The van der Waals surface area contributed by atoms with Crippen molar-refractivity contribution >= 4 is 40.1 Å². The molecule has 1 saturated heterocycles. The number of carbonyl (C=O) groups excluding carboxylic acids is 2. The van der Waals surface area contributed by atoms with Crippen molar-refractivity contribution in [3.63, 3.8) is 0 Å².